The molecule has 2 aromatic rings. The first-order valence-electron chi connectivity index (χ1n) is 9.14. The van der Waals surface area contributed by atoms with E-state index in [-0.39, 0.29) is 18.5 Å². The fourth-order valence-electron chi connectivity index (χ4n) is 3.23. The fourth-order valence-corrected chi connectivity index (χ4v) is 4.31. The maximum Gasteiger partial charge on any atom is 0.241 e. The van der Waals surface area contributed by atoms with E-state index in [4.69, 9.17) is 11.6 Å². The molecule has 1 N–H and O–H groups in total. The van der Waals surface area contributed by atoms with E-state index in [1.165, 1.54) is 0 Å². The van der Waals surface area contributed by atoms with Crippen LogP contribution in [0.25, 0.3) is 0 Å². The first-order chi connectivity index (χ1) is 13.0. The third-order valence-electron chi connectivity index (χ3n) is 4.74. The molecule has 1 amide bonds. The van der Waals surface area contributed by atoms with Crippen molar-refractivity contribution in [1.29, 1.82) is 0 Å². The molecule has 2 aromatic carbocycles. The van der Waals surface area contributed by atoms with Gasteiger partial charge in [0.1, 0.15) is 6.54 Å². The number of aryl methyl sites for hydroxylation is 2. The Morgan fingerprint density at radius 3 is 2.43 bits per heavy atom. The summed E-state index contributed by atoms with van der Waals surface area (Å²) in [6, 6.07) is 10.9. The van der Waals surface area contributed by atoms with Gasteiger partial charge in [-0.2, -0.15) is 0 Å². The van der Waals surface area contributed by atoms with Crippen LogP contribution in [0, 0.1) is 20.8 Å². The number of amides is 1. The molecule has 1 unspecified atom stereocenters. The normalized spacial score (nSPS) is 12.5. The largest absolute Gasteiger partial charge is 0.348 e. The maximum absolute atomic E-state index is 12.7. The zero-order valence-electron chi connectivity index (χ0n) is 16.9. The third-order valence-corrected chi connectivity index (χ3v) is 6.28. The Labute approximate surface area is 172 Å². The molecule has 7 heteroatoms. The van der Waals surface area contributed by atoms with E-state index in [9.17, 15) is 13.2 Å². The summed E-state index contributed by atoms with van der Waals surface area (Å²) in [4.78, 5) is 12.7. The first kappa shape index (κ1) is 22.2. The van der Waals surface area contributed by atoms with Crippen LogP contribution in [-0.2, 0) is 14.8 Å². The van der Waals surface area contributed by atoms with E-state index in [1.54, 1.807) is 25.1 Å². The van der Waals surface area contributed by atoms with E-state index in [2.05, 4.69) is 11.4 Å². The molecule has 0 aromatic heterocycles. The highest BCUT2D eigenvalue weighted by Crippen LogP contribution is 2.28. The quantitative estimate of drug-likeness (QED) is 0.723. The van der Waals surface area contributed by atoms with Crippen molar-refractivity contribution in [1.82, 2.24) is 5.32 Å². The van der Waals surface area contributed by atoms with Crippen LogP contribution in [0.15, 0.2) is 36.4 Å². The Hall–Kier alpha value is -2.05. The summed E-state index contributed by atoms with van der Waals surface area (Å²) in [6.07, 6.45) is 1.78. The van der Waals surface area contributed by atoms with Crippen LogP contribution in [0.2, 0.25) is 5.02 Å². The molecule has 2 rings (SSSR count). The monoisotopic (exact) mass is 422 g/mol. The molecular formula is C21H27ClN2O3S. The Morgan fingerprint density at radius 1 is 1.18 bits per heavy atom. The molecule has 0 aliphatic carbocycles. The zero-order chi connectivity index (χ0) is 21.1. The SMILES string of the molecule is CCC(NC(=O)CN(c1cccc(Cl)c1C)S(C)(=O)=O)c1ccc(C)cc1C. The number of anilines is 1. The van der Waals surface area contributed by atoms with Crippen LogP contribution in [0.5, 0.6) is 0 Å². The number of carbonyl (C=O) groups excluding carboxylic acids is 1. The van der Waals surface area contributed by atoms with Crippen molar-refractivity contribution >= 4 is 33.2 Å². The minimum atomic E-state index is -3.66. The lowest BCUT2D eigenvalue weighted by Crippen LogP contribution is -2.42. The van der Waals surface area contributed by atoms with E-state index in [0.29, 0.717) is 22.7 Å². The van der Waals surface area contributed by atoms with Gasteiger partial charge in [0.15, 0.2) is 0 Å². The molecule has 0 saturated heterocycles. The van der Waals surface area contributed by atoms with Crippen LogP contribution in [0.1, 0.15) is 41.6 Å². The predicted molar refractivity (Wildman–Crippen MR) is 115 cm³/mol. The van der Waals surface area contributed by atoms with Crippen LogP contribution >= 0.6 is 11.6 Å². The van der Waals surface area contributed by atoms with Crippen molar-refractivity contribution in [2.24, 2.45) is 0 Å². The lowest BCUT2D eigenvalue weighted by molar-refractivity contribution is -0.120. The number of halogens is 1. The molecule has 152 valence electrons. The zero-order valence-corrected chi connectivity index (χ0v) is 18.5. The maximum atomic E-state index is 12.7. The van der Waals surface area contributed by atoms with Crippen molar-refractivity contribution in [3.8, 4) is 0 Å². The van der Waals surface area contributed by atoms with E-state index >= 15 is 0 Å². The summed E-state index contributed by atoms with van der Waals surface area (Å²) in [5, 5.41) is 3.42. The molecule has 0 radical (unpaired) electrons. The molecule has 0 heterocycles. The summed E-state index contributed by atoms with van der Waals surface area (Å²) < 4.78 is 25.8. The van der Waals surface area contributed by atoms with Crippen LogP contribution in [0.3, 0.4) is 0 Å². The van der Waals surface area contributed by atoms with Crippen molar-refractivity contribution < 1.29 is 13.2 Å². The number of carbonyl (C=O) groups is 1. The Bertz CT molecular complexity index is 974. The number of nitrogens with one attached hydrogen (secondary N) is 1. The minimum absolute atomic E-state index is 0.185. The first-order valence-corrected chi connectivity index (χ1v) is 11.4. The lowest BCUT2D eigenvalue weighted by Gasteiger charge is -2.26. The molecule has 5 nitrogen and oxygen atoms in total. The number of hydrogen-bond donors (Lipinski definition) is 1. The molecule has 0 saturated carbocycles. The summed E-state index contributed by atoms with van der Waals surface area (Å²) in [6.45, 7) is 7.45. The van der Waals surface area contributed by atoms with E-state index in [1.807, 2.05) is 32.9 Å². The van der Waals surface area contributed by atoms with E-state index < -0.39 is 10.0 Å². The number of benzene rings is 2. The van der Waals surface area contributed by atoms with Gasteiger partial charge in [0.2, 0.25) is 15.9 Å². The molecule has 0 spiro atoms. The number of nitrogens with zero attached hydrogens (tertiary/aromatic N) is 1. The molecule has 1 atom stereocenters. The Morgan fingerprint density at radius 2 is 1.86 bits per heavy atom. The Kier molecular flexibility index (Phi) is 7.12. The highest BCUT2D eigenvalue weighted by Gasteiger charge is 2.24. The van der Waals surface area contributed by atoms with Gasteiger partial charge in [0.05, 0.1) is 18.0 Å². The van der Waals surface area contributed by atoms with Crippen LogP contribution in [0.4, 0.5) is 5.69 Å². The molecule has 0 bridgehead atoms. The summed E-state index contributed by atoms with van der Waals surface area (Å²) in [5.74, 6) is -0.364. The summed E-state index contributed by atoms with van der Waals surface area (Å²) in [5.41, 5.74) is 4.31. The summed E-state index contributed by atoms with van der Waals surface area (Å²) in [7, 11) is -3.66. The third kappa shape index (κ3) is 5.26. The van der Waals surface area contributed by atoms with Gasteiger partial charge in [-0.3, -0.25) is 9.10 Å². The second-order valence-corrected chi connectivity index (χ2v) is 9.36. The van der Waals surface area contributed by atoms with Crippen molar-refractivity contribution in [3.05, 3.63) is 63.7 Å². The van der Waals surface area contributed by atoms with Gasteiger partial charge in [-0.1, -0.05) is 48.4 Å². The topological polar surface area (TPSA) is 66.5 Å². The van der Waals surface area contributed by atoms with Crippen molar-refractivity contribution in [3.63, 3.8) is 0 Å². The van der Waals surface area contributed by atoms with Gasteiger partial charge in [-0.15, -0.1) is 0 Å². The smallest absolute Gasteiger partial charge is 0.241 e. The Balaban J connectivity index is 2.27. The average molecular weight is 423 g/mol. The minimum Gasteiger partial charge on any atom is -0.348 e. The number of rotatable bonds is 7. The van der Waals surface area contributed by atoms with Crippen LogP contribution in [-0.4, -0.2) is 27.1 Å². The molecule has 28 heavy (non-hydrogen) atoms. The molecule has 0 fully saturated rings. The predicted octanol–water partition coefficient (Wildman–Crippen LogP) is 4.30. The number of sulfonamides is 1. The average Bonchev–Trinajstić information content (AvgIpc) is 2.60. The van der Waals surface area contributed by atoms with Gasteiger partial charge in [0.25, 0.3) is 0 Å². The van der Waals surface area contributed by atoms with Gasteiger partial charge in [-0.05, 0) is 56.0 Å². The van der Waals surface area contributed by atoms with Gasteiger partial charge >= 0.3 is 0 Å². The van der Waals surface area contributed by atoms with Crippen molar-refractivity contribution in [2.75, 3.05) is 17.1 Å². The fraction of sp³-hybridized carbons (Fsp3) is 0.381. The van der Waals surface area contributed by atoms with Gasteiger partial charge in [-0.25, -0.2) is 8.42 Å². The standard InChI is InChI=1S/C21H27ClN2O3S/c1-6-19(17-11-10-14(2)12-15(17)3)23-21(25)13-24(28(5,26)27)20-9-7-8-18(22)16(20)4/h7-12,19H,6,13H2,1-5H3,(H,23,25). The lowest BCUT2D eigenvalue weighted by atomic mass is 9.97. The molecule has 0 aliphatic rings. The molecule has 0 aliphatic heterocycles. The number of hydrogen-bond acceptors (Lipinski definition) is 3. The second-order valence-electron chi connectivity index (χ2n) is 7.04. The van der Waals surface area contributed by atoms with Crippen LogP contribution < -0.4 is 9.62 Å². The van der Waals surface area contributed by atoms with Gasteiger partial charge < -0.3 is 5.32 Å². The van der Waals surface area contributed by atoms with Gasteiger partial charge in [0, 0.05) is 5.02 Å². The second kappa shape index (κ2) is 8.97. The highest BCUT2D eigenvalue weighted by molar-refractivity contribution is 7.92. The summed E-state index contributed by atoms with van der Waals surface area (Å²) >= 11 is 6.14. The van der Waals surface area contributed by atoms with Crippen molar-refractivity contribution in [2.45, 2.75) is 40.2 Å². The van der Waals surface area contributed by atoms with E-state index in [0.717, 1.165) is 27.3 Å². The highest BCUT2D eigenvalue weighted by atomic mass is 35.5. The molecular weight excluding hydrogens is 396 g/mol.